The Morgan fingerprint density at radius 2 is 2.12 bits per heavy atom. The molecule has 1 aromatic carbocycles. The molecule has 17 heavy (non-hydrogen) atoms. The largest absolute Gasteiger partial charge is 0.381 e. The molecule has 0 radical (unpaired) electrons. The minimum atomic E-state index is 0.763. The number of benzene rings is 1. The minimum Gasteiger partial charge on any atom is -0.381 e. The second-order valence-corrected chi connectivity index (χ2v) is 4.64. The van der Waals surface area contributed by atoms with Crippen LogP contribution in [0.15, 0.2) is 24.4 Å². The average molecular weight is 250 g/mol. The van der Waals surface area contributed by atoms with Gasteiger partial charge in [0.15, 0.2) is 0 Å². The highest BCUT2D eigenvalue weighted by molar-refractivity contribution is 6.31. The van der Waals surface area contributed by atoms with Crippen molar-refractivity contribution in [3.63, 3.8) is 0 Å². The van der Waals surface area contributed by atoms with Crippen LogP contribution in [0.5, 0.6) is 0 Å². The predicted molar refractivity (Wildman–Crippen MR) is 71.5 cm³/mol. The van der Waals surface area contributed by atoms with Gasteiger partial charge in [-0.05, 0) is 31.5 Å². The summed E-state index contributed by atoms with van der Waals surface area (Å²) in [5, 5.41) is 8.44. The number of aryl methyl sites for hydroxylation is 3. The van der Waals surface area contributed by atoms with E-state index in [9.17, 15) is 0 Å². The van der Waals surface area contributed by atoms with Crippen molar-refractivity contribution in [2.45, 2.75) is 20.4 Å². The molecule has 0 aliphatic heterocycles. The first-order valence-corrected chi connectivity index (χ1v) is 5.93. The average Bonchev–Trinajstić information content (AvgIpc) is 2.59. The van der Waals surface area contributed by atoms with E-state index in [1.807, 2.05) is 50.0 Å². The first-order chi connectivity index (χ1) is 8.06. The van der Waals surface area contributed by atoms with Gasteiger partial charge in [-0.15, -0.1) is 0 Å². The first-order valence-electron chi connectivity index (χ1n) is 5.55. The van der Waals surface area contributed by atoms with Gasteiger partial charge < -0.3 is 5.32 Å². The van der Waals surface area contributed by atoms with Gasteiger partial charge >= 0.3 is 0 Å². The van der Waals surface area contributed by atoms with Gasteiger partial charge in [0, 0.05) is 36.1 Å². The molecule has 90 valence electrons. The highest BCUT2D eigenvalue weighted by Gasteiger charge is 2.03. The molecule has 1 N–H and O–H groups in total. The molecule has 2 rings (SSSR count). The molecule has 4 heteroatoms. The summed E-state index contributed by atoms with van der Waals surface area (Å²) >= 11 is 6.07. The van der Waals surface area contributed by atoms with E-state index in [1.54, 1.807) is 0 Å². The molecule has 0 aliphatic carbocycles. The van der Waals surface area contributed by atoms with Crippen LogP contribution in [0.3, 0.4) is 0 Å². The highest BCUT2D eigenvalue weighted by Crippen LogP contribution is 2.20. The number of nitrogens with one attached hydrogen (secondary N) is 1. The van der Waals surface area contributed by atoms with Crippen LogP contribution in [-0.2, 0) is 13.6 Å². The second-order valence-electron chi connectivity index (χ2n) is 4.23. The molecule has 2 aromatic rings. The summed E-state index contributed by atoms with van der Waals surface area (Å²) in [5.41, 5.74) is 4.38. The number of anilines is 1. The molecular weight excluding hydrogens is 234 g/mol. The fourth-order valence-corrected chi connectivity index (χ4v) is 1.90. The summed E-state index contributed by atoms with van der Waals surface area (Å²) in [6, 6.07) is 6.00. The third-order valence-corrected chi connectivity index (χ3v) is 3.18. The van der Waals surface area contributed by atoms with Gasteiger partial charge in [0.2, 0.25) is 0 Å². The van der Waals surface area contributed by atoms with Crippen molar-refractivity contribution in [2.75, 3.05) is 5.32 Å². The smallest absolute Gasteiger partial charge is 0.0643 e. The Labute approximate surface area is 106 Å². The summed E-state index contributed by atoms with van der Waals surface area (Å²) in [6.07, 6.45) is 2.03. The zero-order valence-corrected chi connectivity index (χ0v) is 11.0. The van der Waals surface area contributed by atoms with E-state index in [0.29, 0.717) is 0 Å². The topological polar surface area (TPSA) is 29.9 Å². The van der Waals surface area contributed by atoms with E-state index in [4.69, 9.17) is 11.6 Å². The van der Waals surface area contributed by atoms with Crippen LogP contribution < -0.4 is 5.32 Å². The number of nitrogens with zero attached hydrogens (tertiary/aromatic N) is 2. The Bertz CT molecular complexity index is 531. The van der Waals surface area contributed by atoms with Crippen molar-refractivity contribution in [1.82, 2.24) is 9.78 Å². The molecule has 0 saturated heterocycles. The fraction of sp³-hybridized carbons (Fsp3) is 0.308. The summed E-state index contributed by atoms with van der Waals surface area (Å²) in [4.78, 5) is 0. The maximum Gasteiger partial charge on any atom is 0.0643 e. The molecule has 3 nitrogen and oxygen atoms in total. The maximum atomic E-state index is 6.07. The molecule has 1 aromatic heterocycles. The third-order valence-electron chi connectivity index (χ3n) is 2.77. The van der Waals surface area contributed by atoms with Crippen molar-refractivity contribution in [3.8, 4) is 0 Å². The van der Waals surface area contributed by atoms with Crippen LogP contribution in [-0.4, -0.2) is 9.78 Å². The fourth-order valence-electron chi connectivity index (χ4n) is 1.72. The van der Waals surface area contributed by atoms with Crippen LogP contribution in [0.25, 0.3) is 0 Å². The van der Waals surface area contributed by atoms with Crippen LogP contribution in [0.4, 0.5) is 5.69 Å². The van der Waals surface area contributed by atoms with Gasteiger partial charge in [0.25, 0.3) is 0 Å². The monoisotopic (exact) mass is 249 g/mol. The van der Waals surface area contributed by atoms with Gasteiger partial charge in [-0.1, -0.05) is 17.7 Å². The first kappa shape index (κ1) is 12.0. The van der Waals surface area contributed by atoms with Crippen molar-refractivity contribution in [1.29, 1.82) is 0 Å². The SMILES string of the molecule is Cc1ccc(NCc2cn(C)nc2C)cc1Cl. The van der Waals surface area contributed by atoms with E-state index in [1.165, 1.54) is 5.56 Å². The number of rotatable bonds is 3. The molecule has 0 atom stereocenters. The number of hydrogen-bond donors (Lipinski definition) is 1. The quantitative estimate of drug-likeness (QED) is 0.905. The molecule has 0 aliphatic rings. The van der Waals surface area contributed by atoms with Crippen molar-refractivity contribution in [3.05, 3.63) is 46.2 Å². The lowest BCUT2D eigenvalue weighted by molar-refractivity contribution is 0.756. The Hall–Kier alpha value is -1.48. The number of hydrogen-bond acceptors (Lipinski definition) is 2. The van der Waals surface area contributed by atoms with Gasteiger partial charge in [-0.3, -0.25) is 4.68 Å². The van der Waals surface area contributed by atoms with Crippen LogP contribution in [0, 0.1) is 13.8 Å². The summed E-state index contributed by atoms with van der Waals surface area (Å²) in [5.74, 6) is 0. The molecule has 0 bridgehead atoms. The maximum absolute atomic E-state index is 6.07. The molecule has 0 fully saturated rings. The number of halogens is 1. The zero-order chi connectivity index (χ0) is 12.4. The van der Waals surface area contributed by atoms with Gasteiger partial charge in [0.1, 0.15) is 0 Å². The Kier molecular flexibility index (Phi) is 3.38. The lowest BCUT2D eigenvalue weighted by Gasteiger charge is -2.07. The summed E-state index contributed by atoms with van der Waals surface area (Å²) in [6.45, 7) is 4.77. The van der Waals surface area contributed by atoms with Crippen LogP contribution >= 0.6 is 11.6 Å². The number of aromatic nitrogens is 2. The molecule has 1 heterocycles. The second kappa shape index (κ2) is 4.80. The molecule has 0 unspecified atom stereocenters. The minimum absolute atomic E-state index is 0.763. The summed E-state index contributed by atoms with van der Waals surface area (Å²) in [7, 11) is 1.93. The molecule has 0 spiro atoms. The molecule has 0 saturated carbocycles. The predicted octanol–water partition coefficient (Wildman–Crippen LogP) is 3.30. The summed E-state index contributed by atoms with van der Waals surface area (Å²) < 4.78 is 1.83. The van der Waals surface area contributed by atoms with Crippen molar-refractivity contribution < 1.29 is 0 Å². The van der Waals surface area contributed by atoms with Crippen LogP contribution in [0.2, 0.25) is 5.02 Å². The Balaban J connectivity index is 2.07. The van der Waals surface area contributed by atoms with Crippen molar-refractivity contribution in [2.24, 2.45) is 7.05 Å². The van der Waals surface area contributed by atoms with E-state index in [-0.39, 0.29) is 0 Å². The van der Waals surface area contributed by atoms with E-state index in [0.717, 1.165) is 28.5 Å². The third kappa shape index (κ3) is 2.80. The highest BCUT2D eigenvalue weighted by atomic mass is 35.5. The van der Waals surface area contributed by atoms with E-state index >= 15 is 0 Å². The van der Waals surface area contributed by atoms with Gasteiger partial charge in [-0.25, -0.2) is 0 Å². The van der Waals surface area contributed by atoms with E-state index < -0.39 is 0 Å². The molecular formula is C13H16ClN3. The lowest BCUT2D eigenvalue weighted by Crippen LogP contribution is -1.99. The zero-order valence-electron chi connectivity index (χ0n) is 10.3. The Morgan fingerprint density at radius 3 is 2.71 bits per heavy atom. The van der Waals surface area contributed by atoms with Gasteiger partial charge in [-0.2, -0.15) is 5.10 Å². The lowest BCUT2D eigenvalue weighted by atomic mass is 10.2. The van der Waals surface area contributed by atoms with Crippen molar-refractivity contribution >= 4 is 17.3 Å². The normalized spacial score (nSPS) is 10.6. The van der Waals surface area contributed by atoms with E-state index in [2.05, 4.69) is 10.4 Å². The molecule has 0 amide bonds. The standard InChI is InChI=1S/C13H16ClN3/c1-9-4-5-12(6-13(9)14)15-7-11-8-17(3)16-10(11)2/h4-6,8,15H,7H2,1-3H3. The Morgan fingerprint density at radius 1 is 1.35 bits per heavy atom. The van der Waals surface area contributed by atoms with Crippen LogP contribution in [0.1, 0.15) is 16.8 Å². The van der Waals surface area contributed by atoms with Gasteiger partial charge in [0.05, 0.1) is 5.69 Å².